The average Bonchev–Trinajstić information content (AvgIpc) is 3.26. The molecule has 1 radical (unpaired) electrons. The van der Waals surface area contributed by atoms with E-state index < -0.39 is 15.7 Å². The van der Waals surface area contributed by atoms with Gasteiger partial charge in [-0.05, 0) is 47.4 Å². The first kappa shape index (κ1) is 28.4. The minimum atomic E-state index is -3.86. The Hall–Kier alpha value is -2.59. The van der Waals surface area contributed by atoms with Gasteiger partial charge in [-0.15, -0.1) is 0 Å². The molecular formula is C30H27KN3O3S. The van der Waals surface area contributed by atoms with Crippen molar-refractivity contribution in [2.24, 2.45) is 5.73 Å². The van der Waals surface area contributed by atoms with Crippen molar-refractivity contribution in [2.75, 3.05) is 0 Å². The van der Waals surface area contributed by atoms with Crippen molar-refractivity contribution in [1.29, 1.82) is 0 Å². The zero-order valence-electron chi connectivity index (χ0n) is 21.5. The van der Waals surface area contributed by atoms with E-state index >= 15 is 0 Å². The maximum atomic E-state index is 13.4. The molecule has 4 aromatic carbocycles. The van der Waals surface area contributed by atoms with Gasteiger partial charge >= 0.3 is 0 Å². The number of nitrogens with two attached hydrogens (primary N) is 1. The van der Waals surface area contributed by atoms with Crippen LogP contribution in [0.25, 0.3) is 22.2 Å². The monoisotopic (exact) mass is 548 g/mol. The largest absolute Gasteiger partial charge is 0.366 e. The van der Waals surface area contributed by atoms with Crippen molar-refractivity contribution >= 4 is 78.2 Å². The second-order valence-electron chi connectivity index (χ2n) is 8.95. The second-order valence-corrected chi connectivity index (χ2v) is 10.9. The number of carbonyl (C=O) groups excluding carboxylic acids is 1. The molecule has 0 aliphatic carbocycles. The third-order valence-electron chi connectivity index (χ3n) is 6.41. The minimum Gasteiger partial charge on any atom is -0.366 e. The predicted molar refractivity (Wildman–Crippen MR) is 151 cm³/mol. The molecule has 0 fully saturated rings. The molecule has 6 nitrogen and oxygen atoms in total. The summed E-state index contributed by atoms with van der Waals surface area (Å²) < 4.78 is 28.9. The molecule has 1 aromatic heterocycles. The van der Waals surface area contributed by atoms with Crippen LogP contribution in [0.15, 0.2) is 107 Å². The molecule has 5 rings (SSSR count). The van der Waals surface area contributed by atoms with Crippen LogP contribution in [0.1, 0.15) is 35.1 Å². The molecule has 8 heteroatoms. The number of primary amides is 1. The van der Waals surface area contributed by atoms with E-state index in [1.54, 1.807) is 24.3 Å². The third kappa shape index (κ3) is 5.71. The average molecular weight is 549 g/mol. The van der Waals surface area contributed by atoms with Crippen LogP contribution in [0, 0.1) is 0 Å². The van der Waals surface area contributed by atoms with Crippen molar-refractivity contribution < 1.29 is 13.2 Å². The van der Waals surface area contributed by atoms with Gasteiger partial charge in [0.05, 0.1) is 20.9 Å². The summed E-state index contributed by atoms with van der Waals surface area (Å²) in [5, 5.41) is 0. The maximum Gasteiger partial charge on any atom is 0.251 e. The Morgan fingerprint density at radius 2 is 1.45 bits per heavy atom. The standard InChI is InChI=1S/C30H27N3O3S.K/c1-2-9-28-32-29-26(30(31)34)18-25(37(35,36)24-12-7-4-8-13-24)19-27(29)33(28)20-21-14-16-23(17-15-21)22-10-5-3-6-11-22;/h3-8,10-19H,2,9,20H2,1H3,(H2,31,34);. The third-order valence-corrected chi connectivity index (χ3v) is 8.16. The smallest absolute Gasteiger partial charge is 0.251 e. The fourth-order valence-electron chi connectivity index (χ4n) is 4.53. The van der Waals surface area contributed by atoms with Crippen LogP contribution in [0.3, 0.4) is 0 Å². The Balaban J connectivity index is 0.00000336. The normalized spacial score (nSPS) is 11.3. The molecule has 0 unspecified atom stereocenters. The Labute approximate surface area is 265 Å². The first-order valence-electron chi connectivity index (χ1n) is 12.2. The zero-order valence-corrected chi connectivity index (χ0v) is 25.4. The van der Waals surface area contributed by atoms with Crippen molar-refractivity contribution in [3.05, 3.63) is 114 Å². The fraction of sp³-hybridized carbons (Fsp3) is 0.133. The van der Waals surface area contributed by atoms with Gasteiger partial charge in [-0.2, -0.15) is 0 Å². The van der Waals surface area contributed by atoms with Crippen molar-refractivity contribution in [1.82, 2.24) is 9.55 Å². The molecule has 0 bridgehead atoms. The van der Waals surface area contributed by atoms with Gasteiger partial charge in [-0.25, -0.2) is 13.4 Å². The van der Waals surface area contributed by atoms with E-state index in [2.05, 4.69) is 43.3 Å². The van der Waals surface area contributed by atoms with Gasteiger partial charge in [0.25, 0.3) is 5.91 Å². The number of hydrogen-bond donors (Lipinski definition) is 1. The number of carbonyl (C=O) groups is 1. The number of rotatable bonds is 8. The van der Waals surface area contributed by atoms with Gasteiger partial charge in [0.15, 0.2) is 0 Å². The number of aryl methyl sites for hydroxylation is 1. The van der Waals surface area contributed by atoms with Gasteiger partial charge < -0.3 is 10.3 Å². The van der Waals surface area contributed by atoms with Crippen LogP contribution in [0.4, 0.5) is 0 Å². The summed E-state index contributed by atoms with van der Waals surface area (Å²) in [6, 6.07) is 29.5. The summed E-state index contributed by atoms with van der Waals surface area (Å²) in [6.45, 7) is 2.53. The molecule has 1 amide bonds. The van der Waals surface area contributed by atoms with Gasteiger partial charge in [-0.1, -0.05) is 79.7 Å². The molecule has 0 aliphatic heterocycles. The quantitative estimate of drug-likeness (QED) is 0.268. The summed E-state index contributed by atoms with van der Waals surface area (Å²) in [5.74, 6) is 0.0661. The van der Waals surface area contributed by atoms with Gasteiger partial charge in [-0.3, -0.25) is 4.79 Å². The molecule has 1 heterocycles. The molecular weight excluding hydrogens is 522 g/mol. The van der Waals surface area contributed by atoms with Crippen LogP contribution in [0.2, 0.25) is 0 Å². The summed E-state index contributed by atoms with van der Waals surface area (Å²) in [4.78, 5) is 17.3. The molecule has 0 saturated heterocycles. The van der Waals surface area contributed by atoms with Gasteiger partial charge in [0.1, 0.15) is 11.3 Å². The van der Waals surface area contributed by atoms with Gasteiger partial charge in [0.2, 0.25) is 9.84 Å². The van der Waals surface area contributed by atoms with Crippen molar-refractivity contribution in [2.45, 2.75) is 36.1 Å². The van der Waals surface area contributed by atoms with E-state index in [9.17, 15) is 13.2 Å². The summed E-state index contributed by atoms with van der Waals surface area (Å²) in [6.07, 6.45) is 1.52. The first-order chi connectivity index (χ1) is 17.9. The SMILES string of the molecule is CCCc1nc2c(C(N)=O)cc(S(=O)(=O)c3ccccc3)cc2n1Cc1ccc(-c2ccccc2)cc1.[K]. The number of imidazole rings is 1. The van der Waals surface area contributed by atoms with E-state index in [1.165, 1.54) is 18.2 Å². The molecule has 187 valence electrons. The minimum absolute atomic E-state index is 0. The number of benzene rings is 4. The molecule has 0 atom stereocenters. The number of aromatic nitrogens is 2. The fourth-order valence-corrected chi connectivity index (χ4v) is 5.86. The van der Waals surface area contributed by atoms with E-state index in [0.717, 1.165) is 28.9 Å². The Kier molecular flexibility index (Phi) is 9.02. The van der Waals surface area contributed by atoms with E-state index in [4.69, 9.17) is 10.7 Å². The van der Waals surface area contributed by atoms with Crippen LogP contribution in [-0.2, 0) is 22.8 Å². The number of amides is 1. The Morgan fingerprint density at radius 1 is 0.842 bits per heavy atom. The number of hydrogen-bond acceptors (Lipinski definition) is 4. The van der Waals surface area contributed by atoms with Crippen molar-refractivity contribution in [3.63, 3.8) is 0 Å². The maximum absolute atomic E-state index is 13.4. The number of sulfone groups is 1. The van der Waals surface area contributed by atoms with E-state index in [1.807, 2.05) is 22.8 Å². The molecule has 0 saturated carbocycles. The molecule has 0 spiro atoms. The summed E-state index contributed by atoms with van der Waals surface area (Å²) in [5.41, 5.74) is 10.1. The van der Waals surface area contributed by atoms with Crippen LogP contribution >= 0.6 is 0 Å². The molecule has 0 aliphatic rings. The summed E-state index contributed by atoms with van der Waals surface area (Å²) >= 11 is 0. The van der Waals surface area contributed by atoms with E-state index in [-0.39, 0.29) is 66.7 Å². The number of fused-ring (bicyclic) bond motifs is 1. The second kappa shape index (κ2) is 12.1. The van der Waals surface area contributed by atoms with Crippen LogP contribution < -0.4 is 5.73 Å². The molecule has 5 aromatic rings. The number of nitrogens with zero attached hydrogens (tertiary/aromatic N) is 2. The van der Waals surface area contributed by atoms with Crippen LogP contribution in [0.5, 0.6) is 0 Å². The Bertz CT molecular complexity index is 1680. The topological polar surface area (TPSA) is 95.1 Å². The Morgan fingerprint density at radius 3 is 2.05 bits per heavy atom. The predicted octanol–water partition coefficient (Wildman–Crippen LogP) is 5.26. The van der Waals surface area contributed by atoms with E-state index in [0.29, 0.717) is 24.0 Å². The van der Waals surface area contributed by atoms with Crippen molar-refractivity contribution in [3.8, 4) is 11.1 Å². The van der Waals surface area contributed by atoms with Crippen LogP contribution in [-0.4, -0.2) is 75.3 Å². The first-order valence-corrected chi connectivity index (χ1v) is 13.6. The molecule has 2 N–H and O–H groups in total. The summed E-state index contributed by atoms with van der Waals surface area (Å²) in [7, 11) is -3.86. The van der Waals surface area contributed by atoms with Gasteiger partial charge in [0, 0.05) is 64.4 Å². The molecule has 38 heavy (non-hydrogen) atoms. The zero-order chi connectivity index (χ0) is 26.0.